The summed E-state index contributed by atoms with van der Waals surface area (Å²) in [4.78, 5) is 22.3. The predicted molar refractivity (Wildman–Crippen MR) is 61.1 cm³/mol. The molecule has 1 amide bonds. The maximum absolute atomic E-state index is 11.9. The second-order valence-electron chi connectivity index (χ2n) is 4.08. The van der Waals surface area contributed by atoms with E-state index in [2.05, 4.69) is 4.74 Å². The van der Waals surface area contributed by atoms with E-state index in [1.54, 1.807) is 4.72 Å². The number of nitrogens with zero attached hydrogens (tertiary/aromatic N) is 1. The zero-order valence-corrected chi connectivity index (χ0v) is 11.0. The molecule has 0 saturated carbocycles. The molecule has 1 saturated heterocycles. The molecule has 1 aliphatic rings. The number of nitrogens with one attached hydrogen (secondary N) is 1. The van der Waals surface area contributed by atoms with Crippen LogP contribution in [0.5, 0.6) is 0 Å². The van der Waals surface area contributed by atoms with Crippen LogP contribution in [0.15, 0.2) is 0 Å². The van der Waals surface area contributed by atoms with Gasteiger partial charge in [0.05, 0.1) is 6.61 Å². The molecule has 0 aromatic carbocycles. The highest BCUT2D eigenvalue weighted by Gasteiger charge is 2.50. The van der Waals surface area contributed by atoms with Crippen LogP contribution in [0.2, 0.25) is 0 Å². The molecule has 18 heavy (non-hydrogen) atoms. The van der Waals surface area contributed by atoms with Gasteiger partial charge in [0.15, 0.2) is 0 Å². The van der Waals surface area contributed by atoms with Crippen molar-refractivity contribution in [1.82, 2.24) is 9.03 Å². The molecule has 0 aromatic rings. The Morgan fingerprint density at radius 2 is 2.11 bits per heavy atom. The summed E-state index contributed by atoms with van der Waals surface area (Å²) in [5.41, 5.74) is -1.53. The van der Waals surface area contributed by atoms with Gasteiger partial charge in [0.25, 0.3) is 0 Å². The lowest BCUT2D eigenvalue weighted by molar-refractivity contribution is -0.146. The number of aliphatic carboxylic acids is 1. The third-order valence-corrected chi connectivity index (χ3v) is 4.40. The van der Waals surface area contributed by atoms with Gasteiger partial charge in [-0.25, -0.2) is 9.52 Å². The fourth-order valence-electron chi connectivity index (χ4n) is 1.86. The molecule has 9 heteroatoms. The van der Waals surface area contributed by atoms with Crippen molar-refractivity contribution in [3.05, 3.63) is 0 Å². The molecular formula is C9H16N2O6S. The number of carboxylic acid groups (broad SMARTS) is 1. The minimum Gasteiger partial charge on any atom is -0.480 e. The van der Waals surface area contributed by atoms with Crippen LogP contribution >= 0.6 is 0 Å². The summed E-state index contributed by atoms with van der Waals surface area (Å²) in [6.45, 7) is 2.92. The summed E-state index contributed by atoms with van der Waals surface area (Å²) in [6.07, 6.45) is -0.490. The van der Waals surface area contributed by atoms with Crippen LogP contribution in [-0.4, -0.2) is 48.6 Å². The van der Waals surface area contributed by atoms with Gasteiger partial charge in [0.1, 0.15) is 5.54 Å². The number of ether oxygens (including phenoxy) is 1. The van der Waals surface area contributed by atoms with Crippen LogP contribution in [0.1, 0.15) is 26.7 Å². The number of carbonyl (C=O) groups excluding carboxylic acids is 1. The van der Waals surface area contributed by atoms with Crippen molar-refractivity contribution in [2.24, 2.45) is 0 Å². The Morgan fingerprint density at radius 3 is 2.61 bits per heavy atom. The quantitative estimate of drug-likeness (QED) is 0.744. The minimum atomic E-state index is -4.21. The number of rotatable bonds is 4. The van der Waals surface area contributed by atoms with Crippen LogP contribution in [-0.2, 0) is 19.7 Å². The first-order valence-corrected chi connectivity index (χ1v) is 6.89. The third kappa shape index (κ3) is 2.72. The van der Waals surface area contributed by atoms with Crippen LogP contribution in [0, 0.1) is 0 Å². The molecule has 1 fully saturated rings. The van der Waals surface area contributed by atoms with E-state index < -0.39 is 27.8 Å². The van der Waals surface area contributed by atoms with E-state index in [-0.39, 0.29) is 19.6 Å². The van der Waals surface area contributed by atoms with E-state index >= 15 is 0 Å². The molecule has 2 N–H and O–H groups in total. The normalized spacial score (nSPS) is 24.8. The molecule has 0 bridgehead atoms. The lowest BCUT2D eigenvalue weighted by Crippen LogP contribution is -2.55. The second kappa shape index (κ2) is 5.11. The minimum absolute atomic E-state index is 0.0253. The summed E-state index contributed by atoms with van der Waals surface area (Å²) in [7, 11) is -4.21. The molecular weight excluding hydrogens is 264 g/mol. The standard InChI is InChI=1S/C9H16N2O6S/c1-3-17-8(14)10-18(15,16)11-6-4-5-9(11,2)7(12)13/h3-6H2,1-2H3,(H,10,14)(H,12,13). The van der Waals surface area contributed by atoms with Crippen molar-refractivity contribution >= 4 is 22.3 Å². The zero-order valence-electron chi connectivity index (χ0n) is 10.2. The lowest BCUT2D eigenvalue weighted by atomic mass is 10.0. The Bertz CT molecular complexity index is 448. The van der Waals surface area contributed by atoms with Gasteiger partial charge >= 0.3 is 22.3 Å². The summed E-state index contributed by atoms with van der Waals surface area (Å²) < 4.78 is 30.7. The first-order chi connectivity index (χ1) is 8.24. The Morgan fingerprint density at radius 1 is 1.50 bits per heavy atom. The number of amides is 1. The summed E-state index contributed by atoms with van der Waals surface area (Å²) in [5.74, 6) is -1.24. The molecule has 0 spiro atoms. The number of hydrogen-bond acceptors (Lipinski definition) is 5. The van der Waals surface area contributed by atoms with Crippen molar-refractivity contribution < 1.29 is 27.9 Å². The number of carboxylic acids is 1. The van der Waals surface area contributed by atoms with E-state index in [9.17, 15) is 18.0 Å². The molecule has 8 nitrogen and oxygen atoms in total. The van der Waals surface area contributed by atoms with E-state index in [0.717, 1.165) is 4.31 Å². The van der Waals surface area contributed by atoms with Crippen molar-refractivity contribution in [3.63, 3.8) is 0 Å². The van der Waals surface area contributed by atoms with Crippen molar-refractivity contribution in [2.75, 3.05) is 13.2 Å². The van der Waals surface area contributed by atoms with Gasteiger partial charge in [-0.1, -0.05) is 0 Å². The highest BCUT2D eigenvalue weighted by molar-refractivity contribution is 7.87. The van der Waals surface area contributed by atoms with Gasteiger partial charge in [0, 0.05) is 6.54 Å². The topological polar surface area (TPSA) is 113 Å². The molecule has 0 aliphatic carbocycles. The average molecular weight is 280 g/mol. The molecule has 1 rings (SSSR count). The summed E-state index contributed by atoms with van der Waals surface area (Å²) >= 11 is 0. The molecule has 1 aliphatic heterocycles. The Labute approximate surface area is 105 Å². The summed E-state index contributed by atoms with van der Waals surface area (Å²) in [6, 6.07) is 0. The zero-order chi connectivity index (χ0) is 14.0. The molecule has 1 heterocycles. The van der Waals surface area contributed by atoms with Gasteiger partial charge in [0.2, 0.25) is 0 Å². The van der Waals surface area contributed by atoms with E-state index in [1.807, 2.05) is 0 Å². The van der Waals surface area contributed by atoms with Gasteiger partial charge < -0.3 is 9.84 Å². The fourth-order valence-corrected chi connectivity index (χ4v) is 3.31. The van der Waals surface area contributed by atoms with Crippen LogP contribution < -0.4 is 4.72 Å². The van der Waals surface area contributed by atoms with E-state index in [1.165, 1.54) is 13.8 Å². The first kappa shape index (κ1) is 14.7. The van der Waals surface area contributed by atoms with Crippen LogP contribution in [0.4, 0.5) is 4.79 Å². The third-order valence-electron chi connectivity index (χ3n) is 2.81. The number of hydrogen-bond donors (Lipinski definition) is 2. The molecule has 0 radical (unpaired) electrons. The molecule has 104 valence electrons. The van der Waals surface area contributed by atoms with Gasteiger partial charge in [-0.2, -0.15) is 12.7 Å². The highest BCUT2D eigenvalue weighted by Crippen LogP contribution is 2.31. The Hall–Kier alpha value is -1.35. The molecule has 1 unspecified atom stereocenters. The Balaban J connectivity index is 2.91. The SMILES string of the molecule is CCOC(=O)NS(=O)(=O)N1CCCC1(C)C(=O)O. The van der Waals surface area contributed by atoms with Crippen LogP contribution in [0.25, 0.3) is 0 Å². The second-order valence-corrected chi connectivity index (χ2v) is 5.68. The van der Waals surface area contributed by atoms with Crippen molar-refractivity contribution in [1.29, 1.82) is 0 Å². The van der Waals surface area contributed by atoms with Crippen LogP contribution in [0.3, 0.4) is 0 Å². The molecule has 1 atom stereocenters. The summed E-state index contributed by atoms with van der Waals surface area (Å²) in [5, 5.41) is 9.09. The Kier molecular flexibility index (Phi) is 4.17. The maximum Gasteiger partial charge on any atom is 0.421 e. The smallest absolute Gasteiger partial charge is 0.421 e. The predicted octanol–water partition coefficient (Wildman–Crippen LogP) is -0.0836. The average Bonchev–Trinajstić information content (AvgIpc) is 2.62. The maximum atomic E-state index is 11.9. The van der Waals surface area contributed by atoms with Gasteiger partial charge in [-0.3, -0.25) is 4.79 Å². The van der Waals surface area contributed by atoms with Crippen molar-refractivity contribution in [2.45, 2.75) is 32.2 Å². The van der Waals surface area contributed by atoms with E-state index in [0.29, 0.717) is 6.42 Å². The largest absolute Gasteiger partial charge is 0.480 e. The number of carbonyl (C=O) groups is 2. The molecule has 0 aromatic heterocycles. The first-order valence-electron chi connectivity index (χ1n) is 5.45. The van der Waals surface area contributed by atoms with Crippen molar-refractivity contribution in [3.8, 4) is 0 Å². The lowest BCUT2D eigenvalue weighted by Gasteiger charge is -2.29. The van der Waals surface area contributed by atoms with E-state index in [4.69, 9.17) is 5.11 Å². The van der Waals surface area contributed by atoms with Gasteiger partial charge in [-0.15, -0.1) is 0 Å². The monoisotopic (exact) mass is 280 g/mol. The highest BCUT2D eigenvalue weighted by atomic mass is 32.2. The fraction of sp³-hybridized carbons (Fsp3) is 0.778. The van der Waals surface area contributed by atoms with Gasteiger partial charge in [-0.05, 0) is 26.7 Å².